The van der Waals surface area contributed by atoms with E-state index in [9.17, 15) is 0 Å². The minimum atomic E-state index is -0.0694. The largest absolute Gasteiger partial charge is 0.251 e. The highest BCUT2D eigenvalue weighted by Gasteiger charge is 2.40. The number of halogens is 1. The van der Waals surface area contributed by atoms with Gasteiger partial charge in [-0.1, -0.05) is 0 Å². The summed E-state index contributed by atoms with van der Waals surface area (Å²) in [6, 6.07) is 0. The Morgan fingerprint density at radius 3 is 2.22 bits per heavy atom. The van der Waals surface area contributed by atoms with Crippen molar-refractivity contribution in [1.29, 1.82) is 5.53 Å². The van der Waals surface area contributed by atoms with Gasteiger partial charge in [-0.3, -0.25) is 4.84 Å². The Balaban J connectivity index is 0.000000640. The predicted octanol–water partition coefficient (Wildman–Crippen LogP) is 1.76. The van der Waals surface area contributed by atoms with E-state index in [4.69, 9.17) is 10.4 Å². The van der Waals surface area contributed by atoms with Crippen molar-refractivity contribution in [3.63, 3.8) is 0 Å². The summed E-state index contributed by atoms with van der Waals surface area (Å²) < 4.78 is 0. The smallest absolute Gasteiger partial charge is 0.238 e. The van der Waals surface area contributed by atoms with Crippen LogP contribution in [0.15, 0.2) is 0 Å². The molecule has 0 spiro atoms. The monoisotopic (exact) mass is 243 g/mol. The van der Waals surface area contributed by atoms with E-state index in [1.807, 2.05) is 13.8 Å². The van der Waals surface area contributed by atoms with E-state index in [-0.39, 0.29) is 29.5 Å². The van der Waals surface area contributed by atoms with Crippen LogP contribution in [0.5, 0.6) is 0 Å². The van der Waals surface area contributed by atoms with Crippen molar-refractivity contribution in [3.8, 4) is 0 Å². The lowest BCUT2D eigenvalue weighted by molar-refractivity contribution is -0.868. The molecule has 1 heterocycles. The molecule has 3 nitrogen and oxygen atoms in total. The van der Waals surface area contributed by atoms with Gasteiger partial charge >= 0.3 is 0 Å². The lowest BCUT2D eigenvalue weighted by Crippen LogP contribution is -2.26. The molecule has 0 radical (unpaired) electrons. The molecule has 1 saturated heterocycles. The van der Waals surface area contributed by atoms with Gasteiger partial charge in [0, 0.05) is 13.8 Å². The van der Waals surface area contributed by atoms with Gasteiger partial charge < -0.3 is 0 Å². The minimum absolute atomic E-state index is 0. The maximum atomic E-state index is 7.15. The first-order chi connectivity index (χ1) is 3.63. The van der Waals surface area contributed by atoms with Gasteiger partial charge in [0.05, 0.1) is 11.3 Å². The molecule has 0 saturated carbocycles. The van der Waals surface area contributed by atoms with E-state index >= 15 is 0 Å². The molecule has 0 atom stereocenters. The average Bonchev–Trinajstić information content (AvgIpc) is 1.86. The van der Waals surface area contributed by atoms with E-state index in [1.54, 1.807) is 0 Å². The zero-order valence-electron chi connectivity index (χ0n) is 5.68. The molecule has 0 aromatic rings. The molecule has 54 valence electrons. The quantitative estimate of drug-likeness (QED) is 0.510. The molecule has 0 aromatic heterocycles. The van der Waals surface area contributed by atoms with Crippen molar-refractivity contribution >= 4 is 24.0 Å². The molecule has 1 rings (SSSR count). The normalized spacial score (nSPS) is 22.7. The van der Waals surface area contributed by atoms with Gasteiger partial charge in [0.25, 0.3) is 0 Å². The van der Waals surface area contributed by atoms with E-state index in [2.05, 4.69) is 0 Å². The number of nitrogens with one attached hydrogen (secondary N) is 1. The lowest BCUT2D eigenvalue weighted by Gasteiger charge is -2.01. The topological polar surface area (TPSA) is 36.1 Å². The standard InChI is InChI=1S/C5H11N2O.HI/c1-5(2)3-4-8-7(5)6;/h6H,3-4H2,1-2H3;1H/q+1;. The Hall–Kier alpha value is 0.130. The fraction of sp³-hybridized carbons (Fsp3) is 1.00. The second kappa shape index (κ2) is 2.81. The van der Waals surface area contributed by atoms with E-state index in [0.717, 1.165) is 6.42 Å². The molecule has 1 N–H and O–H groups in total. The summed E-state index contributed by atoms with van der Waals surface area (Å²) in [7, 11) is 0. The molecule has 0 amide bonds. The summed E-state index contributed by atoms with van der Waals surface area (Å²) >= 11 is 0. The fourth-order valence-electron chi connectivity index (χ4n) is 0.663. The Labute approximate surface area is 71.9 Å². The summed E-state index contributed by atoms with van der Waals surface area (Å²) in [6.45, 7) is 4.68. The maximum absolute atomic E-state index is 7.15. The molecule has 4 heteroatoms. The van der Waals surface area contributed by atoms with E-state index in [1.165, 1.54) is 4.86 Å². The van der Waals surface area contributed by atoms with Crippen molar-refractivity contribution in [3.05, 3.63) is 0 Å². The number of rotatable bonds is 0. The first kappa shape index (κ1) is 9.13. The molecule has 0 unspecified atom stereocenters. The highest BCUT2D eigenvalue weighted by Crippen LogP contribution is 2.19. The summed E-state index contributed by atoms with van der Waals surface area (Å²) in [5, 5.41) is 0. The van der Waals surface area contributed by atoms with Crippen LogP contribution in [0.25, 0.3) is 0 Å². The molecule has 1 aliphatic rings. The molecular formula is C5H12IN2O+. The maximum Gasteiger partial charge on any atom is 0.238 e. The Morgan fingerprint density at radius 1 is 1.56 bits per heavy atom. The summed E-state index contributed by atoms with van der Waals surface area (Å²) in [6.07, 6.45) is 0.955. The summed E-state index contributed by atoms with van der Waals surface area (Å²) in [5.41, 5.74) is 7.08. The van der Waals surface area contributed by atoms with Crippen molar-refractivity contribution in [2.45, 2.75) is 25.8 Å². The van der Waals surface area contributed by atoms with Crippen LogP contribution in [0.2, 0.25) is 0 Å². The Morgan fingerprint density at radius 2 is 2.11 bits per heavy atom. The molecule has 0 aromatic carbocycles. The SMILES string of the molecule is CC1(C)CCO[N+]1=N.I. The van der Waals surface area contributed by atoms with Crippen molar-refractivity contribution in [2.24, 2.45) is 0 Å². The highest BCUT2D eigenvalue weighted by atomic mass is 127. The zero-order valence-corrected chi connectivity index (χ0v) is 8.01. The van der Waals surface area contributed by atoms with Crippen LogP contribution in [0.4, 0.5) is 0 Å². The molecule has 1 fully saturated rings. The number of hydrogen-bond donors (Lipinski definition) is 1. The van der Waals surface area contributed by atoms with Gasteiger partial charge in [-0.15, -0.1) is 24.0 Å². The second-order valence-corrected chi connectivity index (χ2v) is 2.69. The first-order valence-corrected chi connectivity index (χ1v) is 2.77. The van der Waals surface area contributed by atoms with Crippen LogP contribution in [-0.2, 0) is 4.84 Å². The van der Waals surface area contributed by atoms with E-state index < -0.39 is 0 Å². The third kappa shape index (κ3) is 1.77. The summed E-state index contributed by atoms with van der Waals surface area (Å²) in [5.74, 6) is 0. The van der Waals surface area contributed by atoms with Crippen LogP contribution in [-0.4, -0.2) is 17.0 Å². The Bertz CT molecular complexity index is 124. The van der Waals surface area contributed by atoms with Gasteiger partial charge in [0.1, 0.15) is 0 Å². The third-order valence-electron chi connectivity index (χ3n) is 1.48. The molecule has 0 aliphatic carbocycles. The predicted molar refractivity (Wildman–Crippen MR) is 43.0 cm³/mol. The van der Waals surface area contributed by atoms with Crippen molar-refractivity contribution in [2.75, 3.05) is 6.61 Å². The molecular weight excluding hydrogens is 231 g/mol. The second-order valence-electron chi connectivity index (χ2n) is 2.69. The van der Waals surface area contributed by atoms with Crippen LogP contribution in [0.1, 0.15) is 20.3 Å². The van der Waals surface area contributed by atoms with Crippen LogP contribution >= 0.6 is 24.0 Å². The first-order valence-electron chi connectivity index (χ1n) is 2.77. The molecule has 9 heavy (non-hydrogen) atoms. The van der Waals surface area contributed by atoms with Gasteiger partial charge in [-0.05, 0) is 5.53 Å². The number of hydrogen-bond acceptors (Lipinski definition) is 2. The van der Waals surface area contributed by atoms with Gasteiger partial charge in [0.2, 0.25) is 5.54 Å². The summed E-state index contributed by atoms with van der Waals surface area (Å²) in [4.78, 5) is 6.04. The van der Waals surface area contributed by atoms with Gasteiger partial charge in [-0.2, -0.15) is 0 Å². The third-order valence-corrected chi connectivity index (χ3v) is 1.48. The van der Waals surface area contributed by atoms with Crippen LogP contribution in [0, 0.1) is 5.53 Å². The fourth-order valence-corrected chi connectivity index (χ4v) is 0.663. The molecule has 0 bridgehead atoms. The zero-order chi connectivity index (χ0) is 6.20. The van der Waals surface area contributed by atoms with Gasteiger partial charge in [0.15, 0.2) is 6.61 Å². The lowest BCUT2D eigenvalue weighted by atomic mass is 10.0. The number of nitrogens with zero attached hydrogens (tertiary/aromatic N) is 1. The van der Waals surface area contributed by atoms with Crippen LogP contribution < -0.4 is 0 Å². The van der Waals surface area contributed by atoms with E-state index in [0.29, 0.717) is 6.61 Å². The Kier molecular flexibility index (Phi) is 2.85. The van der Waals surface area contributed by atoms with Crippen molar-refractivity contribution < 1.29 is 9.70 Å². The molecule has 1 aliphatic heterocycles. The van der Waals surface area contributed by atoms with Crippen molar-refractivity contribution in [1.82, 2.24) is 0 Å². The minimum Gasteiger partial charge on any atom is -0.251 e. The highest BCUT2D eigenvalue weighted by molar-refractivity contribution is 14.0. The van der Waals surface area contributed by atoms with Gasteiger partial charge in [-0.25, -0.2) is 0 Å². The number of hydroxylamine groups is 1. The average molecular weight is 243 g/mol. The van der Waals surface area contributed by atoms with Crippen LogP contribution in [0.3, 0.4) is 0 Å².